The van der Waals surface area contributed by atoms with E-state index >= 15 is 0 Å². The van der Waals surface area contributed by atoms with Crippen LogP contribution in [0, 0.1) is 0 Å². The van der Waals surface area contributed by atoms with Crippen molar-refractivity contribution in [3.05, 3.63) is 203 Å². The summed E-state index contributed by atoms with van der Waals surface area (Å²) in [5.41, 5.74) is 7.77. The molecule has 0 fully saturated rings. The molecule has 48 heavy (non-hydrogen) atoms. The number of aromatic nitrogens is 6. The predicted molar refractivity (Wildman–Crippen MR) is 189 cm³/mol. The standard InChI is InChI=1S/C41H32N6O/c48-38-25-24-36(39-37-23-13-14-27-45(37)44-40(39)32-15-5-1-6-16-32)43-46(38)28-26-31-29-42-47(30-31)41(33-17-7-2-8-18-33,34-19-9-3-10-20-34)35-21-11-4-12-22-35/h1-25,27,29-30H,26,28H2. The predicted octanol–water partition coefficient (Wildman–Crippen LogP) is 7.50. The van der Waals surface area contributed by atoms with Crippen molar-refractivity contribution in [2.45, 2.75) is 18.5 Å². The second-order valence-electron chi connectivity index (χ2n) is 11.8. The Balaban J connectivity index is 1.17. The van der Waals surface area contributed by atoms with Gasteiger partial charge in [0.2, 0.25) is 0 Å². The minimum atomic E-state index is -0.700. The number of benzene rings is 4. The molecule has 4 aromatic carbocycles. The third-order valence-corrected chi connectivity index (χ3v) is 8.88. The van der Waals surface area contributed by atoms with Gasteiger partial charge in [0.05, 0.1) is 23.0 Å². The van der Waals surface area contributed by atoms with Gasteiger partial charge in [-0.3, -0.25) is 9.48 Å². The van der Waals surface area contributed by atoms with E-state index in [0.717, 1.165) is 44.6 Å². The maximum Gasteiger partial charge on any atom is 0.266 e. The van der Waals surface area contributed by atoms with E-state index in [1.165, 1.54) is 0 Å². The summed E-state index contributed by atoms with van der Waals surface area (Å²) < 4.78 is 5.47. The van der Waals surface area contributed by atoms with Crippen molar-refractivity contribution in [1.29, 1.82) is 0 Å². The number of hydrogen-bond acceptors (Lipinski definition) is 4. The number of fused-ring (bicyclic) bond motifs is 1. The fraction of sp³-hybridized carbons (Fsp3) is 0.0732. The molecule has 0 aliphatic rings. The van der Waals surface area contributed by atoms with E-state index in [2.05, 4.69) is 83.7 Å². The van der Waals surface area contributed by atoms with Crippen molar-refractivity contribution >= 4 is 5.52 Å². The van der Waals surface area contributed by atoms with Crippen molar-refractivity contribution in [1.82, 2.24) is 29.2 Å². The molecule has 8 rings (SSSR count). The zero-order chi connectivity index (χ0) is 32.3. The molecule has 4 aromatic heterocycles. The fourth-order valence-corrected chi connectivity index (χ4v) is 6.63. The van der Waals surface area contributed by atoms with Gasteiger partial charge in [0.15, 0.2) is 0 Å². The van der Waals surface area contributed by atoms with E-state index in [0.29, 0.717) is 18.7 Å². The average Bonchev–Trinajstić information content (AvgIpc) is 3.79. The molecule has 0 atom stereocenters. The number of pyridine rings is 1. The molecule has 0 radical (unpaired) electrons. The summed E-state index contributed by atoms with van der Waals surface area (Å²) in [6.45, 7) is 0.396. The number of hydrogen-bond donors (Lipinski definition) is 0. The SMILES string of the molecule is O=c1ccc(-c2c(-c3ccccc3)nn3ccccc23)nn1CCc1cnn(C(c2ccccc2)(c2ccccc2)c2ccccc2)c1. The first kappa shape index (κ1) is 29.1. The lowest BCUT2D eigenvalue weighted by atomic mass is 9.77. The monoisotopic (exact) mass is 624 g/mol. The van der Waals surface area contributed by atoms with Gasteiger partial charge in [-0.25, -0.2) is 9.20 Å². The van der Waals surface area contributed by atoms with Gasteiger partial charge in [0.1, 0.15) is 11.2 Å². The lowest BCUT2D eigenvalue weighted by molar-refractivity contribution is 0.459. The summed E-state index contributed by atoms with van der Waals surface area (Å²) in [6.07, 6.45) is 6.50. The van der Waals surface area contributed by atoms with Gasteiger partial charge in [-0.15, -0.1) is 0 Å². The first-order valence-electron chi connectivity index (χ1n) is 16.0. The van der Waals surface area contributed by atoms with Crippen LogP contribution in [0.2, 0.25) is 0 Å². The summed E-state index contributed by atoms with van der Waals surface area (Å²) in [6, 6.07) is 50.9. The van der Waals surface area contributed by atoms with Crippen molar-refractivity contribution in [3.63, 3.8) is 0 Å². The molecule has 0 spiro atoms. The summed E-state index contributed by atoms with van der Waals surface area (Å²) in [5.74, 6) is 0. The third kappa shape index (κ3) is 5.11. The minimum absolute atomic E-state index is 0.156. The van der Waals surface area contributed by atoms with Gasteiger partial charge in [0, 0.05) is 30.6 Å². The molecule has 7 heteroatoms. The molecule has 0 aliphatic carbocycles. The Kier molecular flexibility index (Phi) is 7.55. The first-order valence-corrected chi connectivity index (χ1v) is 16.0. The molecule has 0 amide bonds. The highest BCUT2D eigenvalue weighted by Crippen LogP contribution is 2.40. The quantitative estimate of drug-likeness (QED) is 0.156. The molecule has 0 unspecified atom stereocenters. The Bertz CT molecular complexity index is 2260. The highest BCUT2D eigenvalue weighted by Gasteiger charge is 2.39. The van der Waals surface area contributed by atoms with Crippen LogP contribution in [0.25, 0.3) is 28.0 Å². The number of rotatable bonds is 9. The van der Waals surface area contributed by atoms with Crippen LogP contribution >= 0.6 is 0 Å². The molecule has 0 N–H and O–H groups in total. The van der Waals surface area contributed by atoms with Crippen LogP contribution in [0.5, 0.6) is 0 Å². The first-order chi connectivity index (χ1) is 23.7. The Morgan fingerprint density at radius 3 is 1.81 bits per heavy atom. The van der Waals surface area contributed by atoms with Crippen molar-refractivity contribution in [3.8, 4) is 22.5 Å². The third-order valence-electron chi connectivity index (χ3n) is 8.88. The molecule has 0 bridgehead atoms. The molecule has 0 saturated heterocycles. The lowest BCUT2D eigenvalue weighted by Crippen LogP contribution is -2.38. The highest BCUT2D eigenvalue weighted by molar-refractivity contribution is 5.90. The Labute approximate surface area is 278 Å². The van der Waals surface area contributed by atoms with Gasteiger partial charge >= 0.3 is 0 Å². The minimum Gasteiger partial charge on any atom is -0.268 e. The van der Waals surface area contributed by atoms with E-state index in [9.17, 15) is 4.79 Å². The fourth-order valence-electron chi connectivity index (χ4n) is 6.63. The molecule has 7 nitrogen and oxygen atoms in total. The van der Waals surface area contributed by atoms with E-state index in [1.807, 2.05) is 83.6 Å². The summed E-state index contributed by atoms with van der Waals surface area (Å²) in [4.78, 5) is 13.2. The molecule has 0 saturated carbocycles. The summed E-state index contributed by atoms with van der Waals surface area (Å²) in [5, 5.41) is 14.8. The van der Waals surface area contributed by atoms with E-state index in [1.54, 1.807) is 16.8 Å². The van der Waals surface area contributed by atoms with Gasteiger partial charge in [-0.1, -0.05) is 127 Å². The molecule has 232 valence electrons. The van der Waals surface area contributed by atoms with Gasteiger partial charge < -0.3 is 0 Å². The smallest absolute Gasteiger partial charge is 0.266 e. The Morgan fingerprint density at radius 1 is 0.604 bits per heavy atom. The Morgan fingerprint density at radius 2 is 1.19 bits per heavy atom. The largest absolute Gasteiger partial charge is 0.268 e. The Hall–Kier alpha value is -6.34. The van der Waals surface area contributed by atoms with Crippen LogP contribution in [-0.4, -0.2) is 29.2 Å². The number of aryl methyl sites for hydroxylation is 2. The van der Waals surface area contributed by atoms with E-state index < -0.39 is 5.54 Å². The second kappa shape index (κ2) is 12.5. The molecule has 4 heterocycles. The van der Waals surface area contributed by atoms with Crippen LogP contribution in [0.1, 0.15) is 22.3 Å². The lowest BCUT2D eigenvalue weighted by Gasteiger charge is -2.36. The zero-order valence-electron chi connectivity index (χ0n) is 26.2. The maximum atomic E-state index is 13.2. The van der Waals surface area contributed by atoms with Crippen molar-refractivity contribution < 1.29 is 0 Å². The van der Waals surface area contributed by atoms with Crippen LogP contribution < -0.4 is 5.56 Å². The van der Waals surface area contributed by atoms with Crippen molar-refractivity contribution in [2.24, 2.45) is 0 Å². The van der Waals surface area contributed by atoms with Gasteiger partial charge in [-0.2, -0.15) is 15.3 Å². The normalized spacial score (nSPS) is 11.6. The van der Waals surface area contributed by atoms with Crippen LogP contribution in [0.4, 0.5) is 0 Å². The van der Waals surface area contributed by atoms with Crippen molar-refractivity contribution in [2.75, 3.05) is 0 Å². The highest BCUT2D eigenvalue weighted by atomic mass is 16.1. The van der Waals surface area contributed by atoms with Crippen LogP contribution in [-0.2, 0) is 18.5 Å². The molecule has 0 aliphatic heterocycles. The summed E-state index contributed by atoms with van der Waals surface area (Å²) >= 11 is 0. The topological polar surface area (TPSA) is 70.0 Å². The van der Waals surface area contributed by atoms with Crippen LogP contribution in [0.3, 0.4) is 0 Å². The number of nitrogens with zero attached hydrogens (tertiary/aromatic N) is 6. The molecule has 8 aromatic rings. The maximum absolute atomic E-state index is 13.2. The zero-order valence-corrected chi connectivity index (χ0v) is 26.2. The summed E-state index contributed by atoms with van der Waals surface area (Å²) in [7, 11) is 0. The molecular weight excluding hydrogens is 592 g/mol. The van der Waals surface area contributed by atoms with Crippen LogP contribution in [0.15, 0.2) is 175 Å². The van der Waals surface area contributed by atoms with E-state index in [4.69, 9.17) is 15.3 Å². The average molecular weight is 625 g/mol. The second-order valence-corrected chi connectivity index (χ2v) is 11.8. The van der Waals surface area contributed by atoms with Gasteiger partial charge in [0.25, 0.3) is 5.56 Å². The van der Waals surface area contributed by atoms with E-state index in [-0.39, 0.29) is 5.56 Å². The molecular formula is C41H32N6O. The van der Waals surface area contributed by atoms with Gasteiger partial charge in [-0.05, 0) is 46.9 Å².